The van der Waals surface area contributed by atoms with Gasteiger partial charge in [0.15, 0.2) is 0 Å². The number of rotatable bonds is 2. The Kier molecular flexibility index (Phi) is 2.05. The van der Waals surface area contributed by atoms with Crippen LogP contribution in [0.2, 0.25) is 0 Å². The Hall–Kier alpha value is -0.590. The first-order valence-corrected chi connectivity index (χ1v) is 5.27. The molecule has 0 saturated heterocycles. The van der Waals surface area contributed by atoms with Crippen LogP contribution in [0.1, 0.15) is 46.0 Å². The fourth-order valence-corrected chi connectivity index (χ4v) is 3.29. The number of hydrogen-bond donors (Lipinski definition) is 0. The third-order valence-electron chi connectivity index (χ3n) is 3.44. The van der Waals surface area contributed by atoms with Crippen molar-refractivity contribution in [2.24, 2.45) is 11.3 Å². The maximum Gasteiger partial charge on any atom is 0.130 e. The first-order valence-electron chi connectivity index (χ1n) is 5.27. The Bertz CT molecular complexity index is 264. The summed E-state index contributed by atoms with van der Waals surface area (Å²) in [5, 5.41) is 0. The molecule has 0 radical (unpaired) electrons. The van der Waals surface area contributed by atoms with Crippen molar-refractivity contribution in [3.05, 3.63) is 11.6 Å². The summed E-state index contributed by atoms with van der Waals surface area (Å²) in [6, 6.07) is 0. The second-order valence-corrected chi connectivity index (χ2v) is 5.14. The number of carbonyl (C=O) groups is 1. The second-order valence-electron chi connectivity index (χ2n) is 5.14. The van der Waals surface area contributed by atoms with Crippen LogP contribution in [0.4, 0.5) is 0 Å². The van der Waals surface area contributed by atoms with Crippen LogP contribution in [0.25, 0.3) is 0 Å². The highest BCUT2D eigenvalue weighted by Crippen LogP contribution is 2.51. The maximum absolute atomic E-state index is 11.2. The molecule has 0 heterocycles. The largest absolute Gasteiger partial charge is 0.300 e. The predicted octanol–water partition coefficient (Wildman–Crippen LogP) is 3.10. The van der Waals surface area contributed by atoms with Crippen LogP contribution in [0.15, 0.2) is 11.6 Å². The van der Waals surface area contributed by atoms with E-state index in [9.17, 15) is 4.79 Å². The SMILES string of the molecule is CC(=O)CC12CC=C(CC(C)C1)C2. The zero-order valence-electron chi connectivity index (χ0n) is 8.60. The molecule has 1 nitrogen and oxygen atoms in total. The number of allylic oxidation sites excluding steroid dienone is 2. The molecule has 2 unspecified atom stereocenters. The summed E-state index contributed by atoms with van der Waals surface area (Å²) in [4.78, 5) is 11.2. The molecule has 1 saturated carbocycles. The molecule has 1 fully saturated rings. The average Bonchev–Trinajstić information content (AvgIpc) is 2.24. The van der Waals surface area contributed by atoms with Crippen LogP contribution in [0, 0.1) is 11.3 Å². The van der Waals surface area contributed by atoms with Crippen molar-refractivity contribution in [3.63, 3.8) is 0 Å². The molecule has 72 valence electrons. The van der Waals surface area contributed by atoms with E-state index in [0.29, 0.717) is 11.2 Å². The molecule has 2 aliphatic carbocycles. The van der Waals surface area contributed by atoms with E-state index in [4.69, 9.17) is 0 Å². The van der Waals surface area contributed by atoms with Crippen LogP contribution in [0.3, 0.4) is 0 Å². The van der Waals surface area contributed by atoms with Crippen molar-refractivity contribution >= 4 is 5.78 Å². The zero-order valence-corrected chi connectivity index (χ0v) is 8.60. The highest BCUT2D eigenvalue weighted by atomic mass is 16.1. The first-order chi connectivity index (χ1) is 6.10. The summed E-state index contributed by atoms with van der Waals surface area (Å²) in [7, 11) is 0. The topological polar surface area (TPSA) is 17.1 Å². The van der Waals surface area contributed by atoms with Crippen molar-refractivity contribution < 1.29 is 4.79 Å². The van der Waals surface area contributed by atoms with E-state index in [-0.39, 0.29) is 0 Å². The maximum atomic E-state index is 11.2. The van der Waals surface area contributed by atoms with Gasteiger partial charge in [0, 0.05) is 6.42 Å². The van der Waals surface area contributed by atoms with Gasteiger partial charge in [0.1, 0.15) is 5.78 Å². The highest BCUT2D eigenvalue weighted by Gasteiger charge is 2.40. The van der Waals surface area contributed by atoms with Gasteiger partial charge in [-0.05, 0) is 43.9 Å². The van der Waals surface area contributed by atoms with Gasteiger partial charge in [-0.25, -0.2) is 0 Å². The number of ketones is 1. The summed E-state index contributed by atoms with van der Waals surface area (Å²) in [5.41, 5.74) is 1.96. The Morgan fingerprint density at radius 1 is 1.69 bits per heavy atom. The summed E-state index contributed by atoms with van der Waals surface area (Å²) in [6.07, 6.45) is 8.08. The molecular weight excluding hydrogens is 160 g/mol. The van der Waals surface area contributed by atoms with E-state index in [2.05, 4.69) is 13.0 Å². The van der Waals surface area contributed by atoms with Crippen molar-refractivity contribution in [2.45, 2.75) is 46.0 Å². The van der Waals surface area contributed by atoms with Gasteiger partial charge in [-0.1, -0.05) is 18.6 Å². The summed E-state index contributed by atoms with van der Waals surface area (Å²) < 4.78 is 0. The smallest absolute Gasteiger partial charge is 0.130 e. The molecule has 0 aliphatic heterocycles. The van der Waals surface area contributed by atoms with Crippen molar-refractivity contribution in [3.8, 4) is 0 Å². The Balaban J connectivity index is 2.12. The van der Waals surface area contributed by atoms with Gasteiger partial charge in [0.05, 0.1) is 0 Å². The molecule has 2 aliphatic rings. The molecule has 2 bridgehead atoms. The quantitative estimate of drug-likeness (QED) is 0.594. The van der Waals surface area contributed by atoms with Crippen LogP contribution in [0.5, 0.6) is 0 Å². The highest BCUT2D eigenvalue weighted by molar-refractivity contribution is 5.76. The van der Waals surface area contributed by atoms with E-state index < -0.39 is 0 Å². The van der Waals surface area contributed by atoms with E-state index in [1.54, 1.807) is 12.5 Å². The van der Waals surface area contributed by atoms with E-state index in [0.717, 1.165) is 18.8 Å². The summed E-state index contributed by atoms with van der Waals surface area (Å²) in [6.45, 7) is 4.04. The standard InChI is InChI=1S/C12H18O/c1-9-5-11-3-4-12(6-9,8-11)7-10(2)13/h3,9H,4-8H2,1-2H3. The third kappa shape index (κ3) is 1.70. The second kappa shape index (κ2) is 2.97. The molecule has 0 N–H and O–H groups in total. The number of carbonyl (C=O) groups excluding carboxylic acids is 1. The normalized spacial score (nSPS) is 37.4. The van der Waals surface area contributed by atoms with Gasteiger partial charge in [0.25, 0.3) is 0 Å². The molecule has 0 aromatic carbocycles. The van der Waals surface area contributed by atoms with Crippen molar-refractivity contribution in [1.29, 1.82) is 0 Å². The van der Waals surface area contributed by atoms with Crippen LogP contribution >= 0.6 is 0 Å². The molecule has 0 aromatic rings. The lowest BCUT2D eigenvalue weighted by molar-refractivity contribution is -0.119. The molecule has 2 rings (SSSR count). The van der Waals surface area contributed by atoms with Crippen molar-refractivity contribution in [1.82, 2.24) is 0 Å². The fraction of sp³-hybridized carbons (Fsp3) is 0.750. The molecule has 13 heavy (non-hydrogen) atoms. The molecule has 1 heteroatoms. The van der Waals surface area contributed by atoms with E-state index >= 15 is 0 Å². The Morgan fingerprint density at radius 3 is 3.15 bits per heavy atom. The number of hydrogen-bond acceptors (Lipinski definition) is 1. The molecular formula is C12H18O. The van der Waals surface area contributed by atoms with E-state index in [1.807, 2.05) is 0 Å². The van der Waals surface area contributed by atoms with Gasteiger partial charge >= 0.3 is 0 Å². The zero-order chi connectivity index (χ0) is 9.47. The lowest BCUT2D eigenvalue weighted by Crippen LogP contribution is -2.26. The Labute approximate surface area is 80.2 Å². The van der Waals surface area contributed by atoms with Gasteiger partial charge in [-0.15, -0.1) is 0 Å². The molecule has 0 amide bonds. The third-order valence-corrected chi connectivity index (χ3v) is 3.44. The molecule has 0 spiro atoms. The monoisotopic (exact) mass is 178 g/mol. The van der Waals surface area contributed by atoms with Gasteiger partial charge < -0.3 is 4.79 Å². The van der Waals surface area contributed by atoms with Crippen LogP contribution in [-0.2, 0) is 4.79 Å². The van der Waals surface area contributed by atoms with Crippen LogP contribution < -0.4 is 0 Å². The summed E-state index contributed by atoms with van der Waals surface area (Å²) in [5.74, 6) is 1.16. The lowest BCUT2D eigenvalue weighted by atomic mass is 9.69. The lowest BCUT2D eigenvalue weighted by Gasteiger charge is -2.35. The average molecular weight is 178 g/mol. The number of fused-ring (bicyclic) bond motifs is 2. The summed E-state index contributed by atoms with van der Waals surface area (Å²) >= 11 is 0. The minimum atomic E-state index is 0.346. The van der Waals surface area contributed by atoms with Crippen LogP contribution in [-0.4, -0.2) is 5.78 Å². The number of Topliss-reactive ketones (excluding diaryl/α,β-unsaturated/α-hetero) is 1. The predicted molar refractivity (Wildman–Crippen MR) is 53.4 cm³/mol. The fourth-order valence-electron chi connectivity index (χ4n) is 3.29. The van der Waals surface area contributed by atoms with E-state index in [1.165, 1.54) is 19.3 Å². The molecule has 2 atom stereocenters. The Morgan fingerprint density at radius 2 is 2.46 bits per heavy atom. The van der Waals surface area contributed by atoms with Gasteiger partial charge in [0.2, 0.25) is 0 Å². The van der Waals surface area contributed by atoms with Gasteiger partial charge in [-0.2, -0.15) is 0 Å². The molecule has 0 aromatic heterocycles. The van der Waals surface area contributed by atoms with Crippen molar-refractivity contribution in [2.75, 3.05) is 0 Å². The van der Waals surface area contributed by atoms with Gasteiger partial charge in [-0.3, -0.25) is 0 Å². The minimum Gasteiger partial charge on any atom is -0.300 e. The minimum absolute atomic E-state index is 0.346. The first kappa shape index (κ1) is 8.98.